The first-order valence-electron chi connectivity index (χ1n) is 5.47. The number of thiocarbonyl (C=S) groups is 1. The molecule has 0 N–H and O–H groups in total. The van der Waals surface area contributed by atoms with Crippen LogP contribution in [-0.4, -0.2) is 5.16 Å². The molecule has 0 heterocycles. The second-order valence-electron chi connectivity index (χ2n) is 4.01. The van der Waals surface area contributed by atoms with Crippen molar-refractivity contribution >= 4 is 17.4 Å². The molecule has 0 spiro atoms. The third kappa shape index (κ3) is 2.33. The van der Waals surface area contributed by atoms with Crippen LogP contribution in [0.4, 0.5) is 0 Å². The molecule has 0 bridgehead atoms. The summed E-state index contributed by atoms with van der Waals surface area (Å²) in [5.74, 6) is 0. The van der Waals surface area contributed by atoms with Crippen LogP contribution in [0.25, 0.3) is 0 Å². The Morgan fingerprint density at radius 1 is 0.882 bits per heavy atom. The van der Waals surface area contributed by atoms with E-state index in [2.05, 4.69) is 41.3 Å². The lowest BCUT2D eigenvalue weighted by molar-refractivity contribution is 0.612. The van der Waals surface area contributed by atoms with Crippen LogP contribution >= 0.6 is 12.2 Å². The van der Waals surface area contributed by atoms with Crippen LogP contribution in [0.5, 0.6) is 0 Å². The minimum absolute atomic E-state index is 0.454. The van der Waals surface area contributed by atoms with Gasteiger partial charge in [0, 0.05) is 0 Å². The van der Waals surface area contributed by atoms with E-state index in [4.69, 9.17) is 12.2 Å². The third-order valence-electron chi connectivity index (χ3n) is 2.94. The molecular formula is C15H13NS. The molecule has 0 radical (unpaired) electrons. The zero-order chi connectivity index (χ0) is 12.1. The number of benzene rings is 2. The van der Waals surface area contributed by atoms with Crippen molar-refractivity contribution in [2.45, 2.75) is 12.5 Å². The molecule has 0 aromatic heterocycles. The van der Waals surface area contributed by atoms with Crippen LogP contribution in [0.15, 0.2) is 65.7 Å². The first-order valence-corrected chi connectivity index (χ1v) is 5.88. The molecule has 17 heavy (non-hydrogen) atoms. The van der Waals surface area contributed by atoms with Crippen molar-refractivity contribution < 1.29 is 0 Å². The molecule has 2 heteroatoms. The van der Waals surface area contributed by atoms with Crippen LogP contribution in [0.2, 0.25) is 0 Å². The van der Waals surface area contributed by atoms with Gasteiger partial charge in [0.25, 0.3) is 0 Å². The molecule has 2 aromatic carbocycles. The van der Waals surface area contributed by atoms with Gasteiger partial charge in [-0.15, -0.1) is 0 Å². The summed E-state index contributed by atoms with van der Waals surface area (Å²) in [5, 5.41) is 2.51. The molecular weight excluding hydrogens is 226 g/mol. The average molecular weight is 239 g/mol. The Morgan fingerprint density at radius 3 is 1.65 bits per heavy atom. The number of isothiocyanates is 1. The van der Waals surface area contributed by atoms with E-state index < -0.39 is 5.54 Å². The summed E-state index contributed by atoms with van der Waals surface area (Å²) < 4.78 is 0. The first-order chi connectivity index (χ1) is 8.27. The highest BCUT2D eigenvalue weighted by Crippen LogP contribution is 2.32. The van der Waals surface area contributed by atoms with Crippen molar-refractivity contribution in [3.63, 3.8) is 0 Å². The van der Waals surface area contributed by atoms with Crippen molar-refractivity contribution in [1.29, 1.82) is 0 Å². The van der Waals surface area contributed by atoms with Gasteiger partial charge in [0.2, 0.25) is 0 Å². The van der Waals surface area contributed by atoms with Crippen LogP contribution in [0.3, 0.4) is 0 Å². The van der Waals surface area contributed by atoms with E-state index in [1.165, 1.54) is 0 Å². The molecule has 0 aliphatic heterocycles. The topological polar surface area (TPSA) is 12.4 Å². The van der Waals surface area contributed by atoms with E-state index in [1.807, 2.05) is 36.4 Å². The van der Waals surface area contributed by atoms with Crippen LogP contribution < -0.4 is 0 Å². The third-order valence-corrected chi connectivity index (χ3v) is 3.03. The summed E-state index contributed by atoms with van der Waals surface area (Å²) in [6.45, 7) is 2.05. The Balaban J connectivity index is 2.59. The number of nitrogens with zero attached hydrogens (tertiary/aromatic N) is 1. The SMILES string of the molecule is CC(N=C=S)(c1ccccc1)c1ccccc1. The quantitative estimate of drug-likeness (QED) is 0.581. The molecule has 1 nitrogen and oxygen atoms in total. The van der Waals surface area contributed by atoms with Crippen molar-refractivity contribution in [3.05, 3.63) is 71.8 Å². The van der Waals surface area contributed by atoms with Crippen LogP contribution in [0.1, 0.15) is 18.1 Å². The molecule has 0 atom stereocenters. The van der Waals surface area contributed by atoms with E-state index in [9.17, 15) is 0 Å². The van der Waals surface area contributed by atoms with Crippen LogP contribution in [-0.2, 0) is 5.54 Å². The van der Waals surface area contributed by atoms with Gasteiger partial charge in [-0.1, -0.05) is 60.7 Å². The monoisotopic (exact) mass is 239 g/mol. The number of hydrogen-bond acceptors (Lipinski definition) is 2. The summed E-state index contributed by atoms with van der Waals surface area (Å²) in [6.07, 6.45) is 0. The number of aliphatic imine (C=N–C) groups is 1. The minimum atomic E-state index is -0.454. The molecule has 0 saturated heterocycles. The zero-order valence-corrected chi connectivity index (χ0v) is 10.4. The molecule has 0 unspecified atom stereocenters. The molecule has 0 fully saturated rings. The van der Waals surface area contributed by atoms with Gasteiger partial charge in [-0.05, 0) is 30.3 Å². The Hall–Kier alpha value is -1.76. The van der Waals surface area contributed by atoms with Gasteiger partial charge in [0.05, 0.1) is 5.16 Å². The maximum Gasteiger partial charge on any atom is 0.118 e. The summed E-state index contributed by atoms with van der Waals surface area (Å²) >= 11 is 4.78. The van der Waals surface area contributed by atoms with E-state index in [0.29, 0.717) is 0 Å². The standard InChI is InChI=1S/C15H13NS/c1-15(16-12-17,13-8-4-2-5-9-13)14-10-6-3-7-11-14/h2-11H,1H3. The molecule has 2 aromatic rings. The number of rotatable bonds is 3. The van der Waals surface area contributed by atoms with Gasteiger partial charge in [0.15, 0.2) is 0 Å². The lowest BCUT2D eigenvalue weighted by Crippen LogP contribution is -2.20. The van der Waals surface area contributed by atoms with Gasteiger partial charge < -0.3 is 0 Å². The summed E-state index contributed by atoms with van der Waals surface area (Å²) in [6, 6.07) is 20.3. The highest BCUT2D eigenvalue weighted by atomic mass is 32.1. The van der Waals surface area contributed by atoms with Crippen molar-refractivity contribution in [1.82, 2.24) is 0 Å². The van der Waals surface area contributed by atoms with Crippen molar-refractivity contribution in [2.75, 3.05) is 0 Å². The Labute approximate surface area is 107 Å². The largest absolute Gasteiger partial charge is 0.216 e. The molecule has 0 amide bonds. The second-order valence-corrected chi connectivity index (χ2v) is 4.19. The van der Waals surface area contributed by atoms with Gasteiger partial charge in [0.1, 0.15) is 5.54 Å². The van der Waals surface area contributed by atoms with Crippen molar-refractivity contribution in [3.8, 4) is 0 Å². The fourth-order valence-corrected chi connectivity index (χ4v) is 2.10. The Kier molecular flexibility index (Phi) is 3.48. The molecule has 2 rings (SSSR count). The molecule has 0 aliphatic carbocycles. The first kappa shape index (κ1) is 11.7. The summed E-state index contributed by atoms with van der Waals surface area (Å²) in [4.78, 5) is 4.36. The Bertz CT molecular complexity index is 488. The van der Waals surface area contributed by atoms with E-state index >= 15 is 0 Å². The lowest BCUT2D eigenvalue weighted by atomic mass is 9.85. The van der Waals surface area contributed by atoms with Gasteiger partial charge >= 0.3 is 0 Å². The molecule has 84 valence electrons. The Morgan fingerprint density at radius 2 is 1.29 bits per heavy atom. The van der Waals surface area contributed by atoms with Gasteiger partial charge in [-0.2, -0.15) is 0 Å². The van der Waals surface area contributed by atoms with E-state index in [1.54, 1.807) is 0 Å². The maximum atomic E-state index is 4.78. The number of hydrogen-bond donors (Lipinski definition) is 0. The van der Waals surface area contributed by atoms with E-state index in [0.717, 1.165) is 11.1 Å². The fourth-order valence-electron chi connectivity index (χ4n) is 1.91. The highest BCUT2D eigenvalue weighted by Gasteiger charge is 2.27. The summed E-state index contributed by atoms with van der Waals surface area (Å²) in [5.41, 5.74) is 1.77. The van der Waals surface area contributed by atoms with Crippen LogP contribution in [0, 0.1) is 0 Å². The average Bonchev–Trinajstić information content (AvgIpc) is 2.41. The predicted octanol–water partition coefficient (Wildman–Crippen LogP) is 4.05. The van der Waals surface area contributed by atoms with Crippen molar-refractivity contribution in [2.24, 2.45) is 4.99 Å². The summed E-state index contributed by atoms with van der Waals surface area (Å²) in [7, 11) is 0. The molecule has 0 saturated carbocycles. The van der Waals surface area contributed by atoms with Gasteiger partial charge in [-0.25, -0.2) is 4.99 Å². The predicted molar refractivity (Wildman–Crippen MR) is 74.4 cm³/mol. The smallest absolute Gasteiger partial charge is 0.118 e. The molecule has 0 aliphatic rings. The minimum Gasteiger partial charge on any atom is -0.216 e. The second kappa shape index (κ2) is 5.05. The van der Waals surface area contributed by atoms with Gasteiger partial charge in [-0.3, -0.25) is 0 Å². The maximum absolute atomic E-state index is 4.78. The lowest BCUT2D eigenvalue weighted by Gasteiger charge is -2.25. The normalized spacial score (nSPS) is 10.6. The zero-order valence-electron chi connectivity index (χ0n) is 9.63. The fraction of sp³-hybridized carbons (Fsp3) is 0.133. The highest BCUT2D eigenvalue weighted by molar-refractivity contribution is 7.78. The van der Waals surface area contributed by atoms with E-state index in [-0.39, 0.29) is 0 Å².